The summed E-state index contributed by atoms with van der Waals surface area (Å²) in [5.74, 6) is 0. The van der Waals surface area contributed by atoms with Gasteiger partial charge in [0.1, 0.15) is 5.65 Å². The summed E-state index contributed by atoms with van der Waals surface area (Å²) in [5, 5.41) is 5.45. The number of aromatic nitrogens is 2. The number of nitrogens with one attached hydrogen (secondary N) is 2. The van der Waals surface area contributed by atoms with Gasteiger partial charge in [-0.25, -0.2) is 4.98 Å². The van der Waals surface area contributed by atoms with E-state index in [4.69, 9.17) is 11.6 Å². The molecule has 4 aromatic rings. The van der Waals surface area contributed by atoms with E-state index < -0.39 is 0 Å². The number of hydrogen-bond donors (Lipinski definition) is 2. The van der Waals surface area contributed by atoms with E-state index in [1.165, 1.54) is 22.3 Å². The lowest BCUT2D eigenvalue weighted by Crippen LogP contribution is -2.40. The quantitative estimate of drug-likeness (QED) is 0.483. The number of aromatic amines is 1. The Morgan fingerprint density at radius 3 is 2.21 bits per heavy atom. The van der Waals surface area contributed by atoms with Gasteiger partial charge in [-0.1, -0.05) is 48.0 Å². The summed E-state index contributed by atoms with van der Waals surface area (Å²) in [6, 6.07) is 21.7. The molecule has 28 heavy (non-hydrogen) atoms. The molecule has 0 spiro atoms. The van der Waals surface area contributed by atoms with E-state index in [-0.39, 0.29) is 5.41 Å². The smallest absolute Gasteiger partial charge is 0.137 e. The number of benzene rings is 2. The van der Waals surface area contributed by atoms with Crippen LogP contribution >= 0.6 is 11.6 Å². The van der Waals surface area contributed by atoms with Crippen molar-refractivity contribution in [2.24, 2.45) is 0 Å². The van der Waals surface area contributed by atoms with E-state index in [9.17, 15) is 0 Å². The van der Waals surface area contributed by atoms with Crippen molar-refractivity contribution in [1.29, 1.82) is 0 Å². The topological polar surface area (TPSA) is 40.7 Å². The number of rotatable bonds is 3. The van der Waals surface area contributed by atoms with E-state index in [0.717, 1.165) is 42.0 Å². The summed E-state index contributed by atoms with van der Waals surface area (Å²) in [4.78, 5) is 7.60. The second-order valence-electron chi connectivity index (χ2n) is 7.51. The first-order valence-electron chi connectivity index (χ1n) is 9.76. The van der Waals surface area contributed by atoms with Gasteiger partial charge in [0.25, 0.3) is 0 Å². The fourth-order valence-corrected chi connectivity index (χ4v) is 4.67. The second-order valence-corrected chi connectivity index (χ2v) is 7.95. The van der Waals surface area contributed by atoms with Crippen LogP contribution in [0.2, 0.25) is 5.02 Å². The fourth-order valence-electron chi connectivity index (χ4n) is 4.55. The molecule has 0 amide bonds. The molecule has 1 saturated heterocycles. The fraction of sp³-hybridized carbons (Fsp3) is 0.208. The summed E-state index contributed by atoms with van der Waals surface area (Å²) in [6.07, 6.45) is 5.99. The first-order valence-corrected chi connectivity index (χ1v) is 10.1. The lowest BCUT2D eigenvalue weighted by atomic mass is 9.68. The molecule has 0 radical (unpaired) electrons. The van der Waals surface area contributed by atoms with E-state index >= 15 is 0 Å². The molecule has 4 heteroatoms. The molecule has 0 atom stereocenters. The van der Waals surface area contributed by atoms with Crippen LogP contribution in [0.25, 0.3) is 22.2 Å². The van der Waals surface area contributed by atoms with Crippen molar-refractivity contribution >= 4 is 22.6 Å². The number of nitrogens with zero attached hydrogens (tertiary/aromatic N) is 1. The van der Waals surface area contributed by atoms with Crippen molar-refractivity contribution in [3.05, 3.63) is 89.2 Å². The molecule has 3 heterocycles. The number of pyridine rings is 1. The maximum absolute atomic E-state index is 6.15. The predicted molar refractivity (Wildman–Crippen MR) is 116 cm³/mol. The third-order valence-electron chi connectivity index (χ3n) is 6.06. The van der Waals surface area contributed by atoms with E-state index in [0.29, 0.717) is 0 Å². The Labute approximate surface area is 169 Å². The van der Waals surface area contributed by atoms with Crippen LogP contribution in [0.15, 0.2) is 73.1 Å². The van der Waals surface area contributed by atoms with Gasteiger partial charge in [0.05, 0.1) is 0 Å². The third-order valence-corrected chi connectivity index (χ3v) is 6.31. The van der Waals surface area contributed by atoms with Crippen molar-refractivity contribution in [3.63, 3.8) is 0 Å². The largest absolute Gasteiger partial charge is 0.346 e. The zero-order valence-electron chi connectivity index (χ0n) is 15.6. The zero-order chi connectivity index (χ0) is 19.0. The average Bonchev–Trinajstić information content (AvgIpc) is 3.24. The van der Waals surface area contributed by atoms with Crippen LogP contribution in [0.1, 0.15) is 24.0 Å². The molecule has 3 nitrogen and oxygen atoms in total. The molecular formula is C24H22ClN3. The van der Waals surface area contributed by atoms with Crippen LogP contribution < -0.4 is 5.32 Å². The lowest BCUT2D eigenvalue weighted by molar-refractivity contribution is 0.362. The highest BCUT2D eigenvalue weighted by atomic mass is 35.5. The summed E-state index contributed by atoms with van der Waals surface area (Å²) in [7, 11) is 0. The number of piperidine rings is 1. The molecule has 1 aliphatic rings. The van der Waals surface area contributed by atoms with Gasteiger partial charge in [0, 0.05) is 28.2 Å². The van der Waals surface area contributed by atoms with Crippen molar-refractivity contribution in [1.82, 2.24) is 15.3 Å². The highest BCUT2D eigenvalue weighted by molar-refractivity contribution is 6.30. The molecule has 140 valence electrons. The van der Waals surface area contributed by atoms with Crippen LogP contribution in [-0.2, 0) is 5.41 Å². The molecule has 5 rings (SSSR count). The summed E-state index contributed by atoms with van der Waals surface area (Å²) >= 11 is 6.15. The molecule has 0 bridgehead atoms. The molecule has 2 aromatic heterocycles. The van der Waals surface area contributed by atoms with Gasteiger partial charge in [-0.15, -0.1) is 0 Å². The Morgan fingerprint density at radius 2 is 1.50 bits per heavy atom. The van der Waals surface area contributed by atoms with E-state index in [1.54, 1.807) is 0 Å². The molecule has 1 fully saturated rings. The average molecular weight is 388 g/mol. The Hall–Kier alpha value is -2.62. The Morgan fingerprint density at radius 1 is 0.821 bits per heavy atom. The zero-order valence-corrected chi connectivity index (χ0v) is 16.3. The minimum Gasteiger partial charge on any atom is -0.346 e. The first kappa shape index (κ1) is 17.5. The van der Waals surface area contributed by atoms with Crippen LogP contribution in [0.5, 0.6) is 0 Å². The maximum atomic E-state index is 6.15. The van der Waals surface area contributed by atoms with Gasteiger partial charge in [-0.2, -0.15) is 0 Å². The van der Waals surface area contributed by atoms with Crippen molar-refractivity contribution < 1.29 is 0 Å². The standard InChI is InChI=1S/C24H22ClN3/c25-20-7-5-19(6-8-20)24(11-15-26-16-12-24)18-3-1-17(2-4-18)21-9-13-27-23-22(21)10-14-28-23/h1-10,13-14,26H,11-12,15-16H2,(H,27,28). The second kappa shape index (κ2) is 7.08. The third kappa shape index (κ3) is 2.92. The molecular weight excluding hydrogens is 366 g/mol. The van der Waals surface area contributed by atoms with Gasteiger partial charge in [-0.05, 0) is 72.5 Å². The Kier molecular flexibility index (Phi) is 4.42. The minimum absolute atomic E-state index is 0.0377. The van der Waals surface area contributed by atoms with Crippen molar-refractivity contribution in [2.75, 3.05) is 13.1 Å². The number of hydrogen-bond acceptors (Lipinski definition) is 2. The van der Waals surface area contributed by atoms with Gasteiger partial charge in [-0.3, -0.25) is 0 Å². The number of fused-ring (bicyclic) bond motifs is 1. The highest BCUT2D eigenvalue weighted by Crippen LogP contribution is 2.41. The van der Waals surface area contributed by atoms with Crippen LogP contribution in [-0.4, -0.2) is 23.1 Å². The normalized spacial score (nSPS) is 16.3. The summed E-state index contributed by atoms with van der Waals surface area (Å²) in [5.41, 5.74) is 6.12. The van der Waals surface area contributed by atoms with E-state index in [2.05, 4.69) is 63.8 Å². The monoisotopic (exact) mass is 387 g/mol. The molecule has 2 N–H and O–H groups in total. The van der Waals surface area contributed by atoms with Crippen molar-refractivity contribution in [2.45, 2.75) is 18.3 Å². The first-order chi connectivity index (χ1) is 13.8. The molecule has 0 aliphatic carbocycles. The maximum Gasteiger partial charge on any atom is 0.137 e. The van der Waals surface area contributed by atoms with E-state index in [1.807, 2.05) is 24.5 Å². The summed E-state index contributed by atoms with van der Waals surface area (Å²) in [6.45, 7) is 2.05. The predicted octanol–water partition coefficient (Wildman–Crippen LogP) is 5.55. The molecule has 2 aromatic carbocycles. The van der Waals surface area contributed by atoms with Crippen LogP contribution in [0.3, 0.4) is 0 Å². The van der Waals surface area contributed by atoms with Gasteiger partial charge in [0.2, 0.25) is 0 Å². The highest BCUT2D eigenvalue weighted by Gasteiger charge is 2.35. The lowest BCUT2D eigenvalue weighted by Gasteiger charge is -2.39. The molecule has 0 saturated carbocycles. The van der Waals surface area contributed by atoms with Gasteiger partial charge in [0.15, 0.2) is 0 Å². The number of H-pyrrole nitrogens is 1. The van der Waals surface area contributed by atoms with Gasteiger partial charge < -0.3 is 10.3 Å². The number of halogens is 1. The molecule has 0 unspecified atom stereocenters. The Bertz CT molecular complexity index is 1090. The Balaban J connectivity index is 1.57. The van der Waals surface area contributed by atoms with Gasteiger partial charge >= 0.3 is 0 Å². The SMILES string of the molecule is Clc1ccc(C2(c3ccc(-c4ccnc5[nH]ccc45)cc3)CCNCC2)cc1. The van der Waals surface area contributed by atoms with Crippen LogP contribution in [0.4, 0.5) is 0 Å². The van der Waals surface area contributed by atoms with Crippen LogP contribution in [0, 0.1) is 0 Å². The van der Waals surface area contributed by atoms with Crippen molar-refractivity contribution in [3.8, 4) is 11.1 Å². The molecule has 1 aliphatic heterocycles. The minimum atomic E-state index is 0.0377. The summed E-state index contributed by atoms with van der Waals surface area (Å²) < 4.78 is 0.